The van der Waals surface area contributed by atoms with Crippen molar-refractivity contribution in [3.05, 3.63) is 46.2 Å². The Labute approximate surface area is 132 Å². The van der Waals surface area contributed by atoms with Gasteiger partial charge >= 0.3 is 24.8 Å². The summed E-state index contributed by atoms with van der Waals surface area (Å²) >= 11 is 5.67. The molecule has 19 heavy (non-hydrogen) atoms. The third-order valence-electron chi connectivity index (χ3n) is 2.02. The van der Waals surface area contributed by atoms with Crippen LogP contribution in [0.3, 0.4) is 0 Å². The molecule has 0 fully saturated rings. The van der Waals surface area contributed by atoms with Gasteiger partial charge in [0, 0.05) is 14.7 Å². The van der Waals surface area contributed by atoms with Crippen molar-refractivity contribution in [1.82, 2.24) is 0 Å². The summed E-state index contributed by atoms with van der Waals surface area (Å²) in [5.41, 5.74) is -1.15. The van der Waals surface area contributed by atoms with Crippen LogP contribution in [0.4, 0.5) is 0 Å². The van der Waals surface area contributed by atoms with Crippen LogP contribution in [0.5, 0.6) is 0 Å². The predicted octanol–water partition coefficient (Wildman–Crippen LogP) is -1.28. The van der Waals surface area contributed by atoms with Crippen molar-refractivity contribution in [2.75, 3.05) is 6.61 Å². The van der Waals surface area contributed by atoms with E-state index in [0.29, 0.717) is 5.02 Å². The van der Waals surface area contributed by atoms with Crippen LogP contribution in [-0.2, 0) is 9.53 Å². The van der Waals surface area contributed by atoms with Gasteiger partial charge < -0.3 is 9.84 Å². The van der Waals surface area contributed by atoms with Crippen molar-refractivity contribution in [3.63, 3.8) is 0 Å². The van der Waals surface area contributed by atoms with E-state index in [1.165, 1.54) is 31.2 Å². The van der Waals surface area contributed by atoms with Gasteiger partial charge in [-0.05, 0) is 49.4 Å². The maximum absolute atomic E-state index is 12.2. The summed E-state index contributed by atoms with van der Waals surface area (Å²) in [6.07, 6.45) is 0. The first-order chi connectivity index (χ1) is 9.68. The maximum atomic E-state index is 12.2. The van der Waals surface area contributed by atoms with Crippen LogP contribution in [0.25, 0.3) is 0 Å². The summed E-state index contributed by atoms with van der Waals surface area (Å²) in [5, 5.41) is 12.2. The molecule has 1 aromatic carbocycles. The summed E-state index contributed by atoms with van der Waals surface area (Å²) < 4.78 is 26.3. The molecule has 0 heterocycles. The van der Waals surface area contributed by atoms with E-state index < -0.39 is 29.9 Å². The molecule has 6 heteroatoms. The van der Waals surface area contributed by atoms with Crippen molar-refractivity contribution >= 4 is 23.4 Å². The molecule has 0 aromatic heterocycles. The molecule has 1 aromatic rings. The SMILES string of the molecule is [2H]C([2H])([2H])C(C(=O)c1ccc(Cl)cc1)=C([O-])C(=O)OCC.[Li+]. The van der Waals surface area contributed by atoms with Gasteiger partial charge in [0.2, 0.25) is 0 Å². The van der Waals surface area contributed by atoms with Crippen molar-refractivity contribution < 1.29 is 42.4 Å². The normalized spacial score (nSPS) is 14.1. The molecule has 0 bridgehead atoms. The quantitative estimate of drug-likeness (QED) is 0.226. The largest absolute Gasteiger partial charge is 1.00 e. The molecule has 4 nitrogen and oxygen atoms in total. The third kappa shape index (κ3) is 4.75. The van der Waals surface area contributed by atoms with Gasteiger partial charge in [-0.2, -0.15) is 0 Å². The van der Waals surface area contributed by atoms with E-state index >= 15 is 0 Å². The van der Waals surface area contributed by atoms with Gasteiger partial charge in [-0.15, -0.1) is 0 Å². The molecule has 0 atom stereocenters. The first-order valence-electron chi connectivity index (χ1n) is 6.57. The molecule has 0 aliphatic heterocycles. The van der Waals surface area contributed by atoms with E-state index in [1.54, 1.807) is 0 Å². The number of carbonyl (C=O) groups excluding carboxylic acids is 2. The summed E-state index contributed by atoms with van der Waals surface area (Å²) in [6, 6.07) is 5.30. The number of Topliss-reactive ketones (excluding diaryl/α,β-unsaturated/α-hetero) is 1. The zero-order valence-electron chi connectivity index (χ0n) is 13.5. The zero-order chi connectivity index (χ0) is 16.2. The van der Waals surface area contributed by atoms with Gasteiger partial charge in [0.15, 0.2) is 5.78 Å². The number of hydrogen-bond donors (Lipinski definition) is 0. The number of hydrogen-bond acceptors (Lipinski definition) is 4. The average Bonchev–Trinajstić information content (AvgIpc) is 2.38. The van der Waals surface area contributed by atoms with Crippen LogP contribution in [0.1, 0.15) is 28.2 Å². The Morgan fingerprint density at radius 3 is 2.42 bits per heavy atom. The third-order valence-corrected chi connectivity index (χ3v) is 2.27. The van der Waals surface area contributed by atoms with Gasteiger partial charge in [0.05, 0.1) is 6.61 Å². The van der Waals surface area contributed by atoms with E-state index in [0.717, 1.165) is 0 Å². The second-order valence-corrected chi connectivity index (χ2v) is 3.70. The smallest absolute Gasteiger partial charge is 0.867 e. The van der Waals surface area contributed by atoms with Crippen LogP contribution in [0.2, 0.25) is 5.02 Å². The van der Waals surface area contributed by atoms with Crippen LogP contribution in [0.15, 0.2) is 35.6 Å². The number of allylic oxidation sites excluding steroid dienone is 1. The summed E-state index contributed by atoms with van der Waals surface area (Å²) in [6.45, 7) is -1.67. The monoisotopic (exact) mass is 277 g/mol. The van der Waals surface area contributed by atoms with Crippen LogP contribution >= 0.6 is 11.6 Å². The number of rotatable bonds is 4. The first kappa shape index (κ1) is 12.8. The van der Waals surface area contributed by atoms with Crippen molar-refractivity contribution in [2.24, 2.45) is 0 Å². The second kappa shape index (κ2) is 8.06. The fourth-order valence-electron chi connectivity index (χ4n) is 1.15. The first-order valence-corrected chi connectivity index (χ1v) is 5.45. The number of ketones is 1. The molecule has 0 aliphatic rings. The van der Waals surface area contributed by atoms with E-state index in [4.69, 9.17) is 15.7 Å². The van der Waals surface area contributed by atoms with E-state index in [2.05, 4.69) is 4.74 Å². The Bertz CT molecular complexity index is 582. The topological polar surface area (TPSA) is 66.4 Å². The minimum atomic E-state index is -3.03. The van der Waals surface area contributed by atoms with Gasteiger partial charge in [0.25, 0.3) is 0 Å². The van der Waals surface area contributed by atoms with Gasteiger partial charge in [-0.25, -0.2) is 4.79 Å². The molecular weight excluding hydrogens is 263 g/mol. The molecule has 0 aliphatic carbocycles. The fourth-order valence-corrected chi connectivity index (χ4v) is 1.27. The van der Waals surface area contributed by atoms with Gasteiger partial charge in [-0.3, -0.25) is 4.79 Å². The molecule has 0 amide bonds. The summed E-state index contributed by atoms with van der Waals surface area (Å²) in [4.78, 5) is 23.6. The number of carbonyl (C=O) groups is 2. The minimum absolute atomic E-state index is 0. The molecule has 1 rings (SSSR count). The Kier molecular flexibility index (Phi) is 5.43. The standard InChI is InChI=1S/C13H13ClO4.Li/c1-3-18-13(17)12(16)8(2)11(15)9-4-6-10(14)7-5-9;/h4-7,16H,3H2,1-2H3;/q;+1/p-1/i2D3;. The molecular formula is C13H12ClLiO4. The van der Waals surface area contributed by atoms with Crippen LogP contribution < -0.4 is 24.0 Å². The molecule has 0 unspecified atom stereocenters. The Morgan fingerprint density at radius 2 is 1.95 bits per heavy atom. The predicted molar refractivity (Wildman–Crippen MR) is 65.1 cm³/mol. The molecule has 0 saturated carbocycles. The zero-order valence-corrected chi connectivity index (χ0v) is 11.3. The molecule has 0 saturated heterocycles. The van der Waals surface area contributed by atoms with Crippen molar-refractivity contribution in [1.29, 1.82) is 0 Å². The summed E-state index contributed by atoms with van der Waals surface area (Å²) in [5.74, 6) is -3.88. The van der Waals surface area contributed by atoms with Crippen LogP contribution in [-0.4, -0.2) is 18.4 Å². The molecule has 0 spiro atoms. The fraction of sp³-hybridized carbons (Fsp3) is 0.231. The maximum Gasteiger partial charge on any atom is 1.00 e. The van der Waals surface area contributed by atoms with Crippen LogP contribution in [0, 0.1) is 0 Å². The minimum Gasteiger partial charge on any atom is -0.867 e. The Balaban J connectivity index is 0.00000441. The summed E-state index contributed by atoms with van der Waals surface area (Å²) in [7, 11) is 0. The Hall–Kier alpha value is -1.21. The van der Waals surface area contributed by atoms with Crippen molar-refractivity contribution in [2.45, 2.75) is 13.8 Å². The van der Waals surface area contributed by atoms with Gasteiger partial charge in [0.1, 0.15) is 0 Å². The molecule has 0 N–H and O–H groups in total. The number of halogens is 1. The van der Waals surface area contributed by atoms with Crippen molar-refractivity contribution in [3.8, 4) is 0 Å². The number of esters is 1. The van der Waals surface area contributed by atoms with Gasteiger partial charge in [-0.1, -0.05) is 11.6 Å². The van der Waals surface area contributed by atoms with E-state index in [9.17, 15) is 14.7 Å². The molecule has 0 radical (unpaired) electrons. The number of benzene rings is 1. The number of ether oxygens (including phenoxy) is 1. The molecule has 96 valence electrons. The average molecular weight is 278 g/mol. The van der Waals surface area contributed by atoms with E-state index in [1.807, 2.05) is 0 Å². The Morgan fingerprint density at radius 1 is 1.37 bits per heavy atom. The second-order valence-electron chi connectivity index (χ2n) is 3.26. The van der Waals surface area contributed by atoms with E-state index in [-0.39, 0.29) is 31.0 Å².